The first kappa shape index (κ1) is 18.2. The Labute approximate surface area is 122 Å². The SMILES string of the molecule is C=CCOC(=O)N(C)[C@@H](CSSC(C)(C)C)C(=O)O. The van der Waals surface area contributed by atoms with Crippen LogP contribution < -0.4 is 0 Å². The van der Waals surface area contributed by atoms with Crippen molar-refractivity contribution in [3.05, 3.63) is 12.7 Å². The molecule has 0 aliphatic heterocycles. The van der Waals surface area contributed by atoms with Gasteiger partial charge in [-0.05, 0) is 0 Å². The van der Waals surface area contributed by atoms with E-state index in [0.717, 1.165) is 4.90 Å². The van der Waals surface area contributed by atoms with Crippen LogP contribution in [0.4, 0.5) is 4.79 Å². The van der Waals surface area contributed by atoms with Gasteiger partial charge in [-0.1, -0.05) is 55.0 Å². The fourth-order valence-corrected chi connectivity index (χ4v) is 3.55. The monoisotopic (exact) mass is 307 g/mol. The lowest BCUT2D eigenvalue weighted by Gasteiger charge is -2.24. The summed E-state index contributed by atoms with van der Waals surface area (Å²) in [7, 11) is 4.44. The maximum Gasteiger partial charge on any atom is 0.410 e. The highest BCUT2D eigenvalue weighted by molar-refractivity contribution is 8.77. The number of likely N-dealkylation sites (N-methyl/N-ethyl adjacent to an activating group) is 1. The molecule has 0 saturated carbocycles. The Morgan fingerprint density at radius 3 is 2.47 bits per heavy atom. The molecular formula is C12H21NO4S2. The zero-order chi connectivity index (χ0) is 15.1. The molecule has 0 bridgehead atoms. The maximum atomic E-state index is 11.6. The minimum Gasteiger partial charge on any atom is -0.480 e. The lowest BCUT2D eigenvalue weighted by atomic mass is 10.3. The smallest absolute Gasteiger partial charge is 0.410 e. The summed E-state index contributed by atoms with van der Waals surface area (Å²) >= 11 is 0. The fraction of sp³-hybridized carbons (Fsp3) is 0.667. The first-order valence-electron chi connectivity index (χ1n) is 5.73. The van der Waals surface area contributed by atoms with Crippen LogP contribution in [0.3, 0.4) is 0 Å². The van der Waals surface area contributed by atoms with Gasteiger partial charge in [-0.2, -0.15) is 0 Å². The number of nitrogens with zero attached hydrogens (tertiary/aromatic N) is 1. The molecule has 0 aliphatic rings. The molecule has 0 aromatic rings. The number of aliphatic carboxylic acids is 1. The summed E-state index contributed by atoms with van der Waals surface area (Å²) in [6, 6.07) is -0.905. The predicted octanol–water partition coefficient (Wildman–Crippen LogP) is 2.87. The number of amides is 1. The molecule has 110 valence electrons. The molecular weight excluding hydrogens is 286 g/mol. The molecule has 0 spiro atoms. The second-order valence-corrected chi connectivity index (χ2v) is 7.98. The lowest BCUT2D eigenvalue weighted by molar-refractivity contribution is -0.141. The van der Waals surface area contributed by atoms with E-state index in [4.69, 9.17) is 9.84 Å². The van der Waals surface area contributed by atoms with Crippen molar-refractivity contribution in [3.8, 4) is 0 Å². The first-order valence-corrected chi connectivity index (χ1v) is 8.05. The molecule has 1 N–H and O–H groups in total. The highest BCUT2D eigenvalue weighted by Gasteiger charge is 2.28. The Hall–Kier alpha value is -0.820. The summed E-state index contributed by atoms with van der Waals surface area (Å²) in [6.45, 7) is 9.63. The number of hydrogen-bond acceptors (Lipinski definition) is 5. The van der Waals surface area contributed by atoms with Crippen LogP contribution in [0.1, 0.15) is 20.8 Å². The Bertz CT molecular complexity index is 328. The minimum atomic E-state index is -1.04. The Balaban J connectivity index is 4.42. The van der Waals surface area contributed by atoms with Crippen LogP contribution in [0.25, 0.3) is 0 Å². The van der Waals surface area contributed by atoms with Crippen molar-refractivity contribution in [2.75, 3.05) is 19.4 Å². The minimum absolute atomic E-state index is 0.0373. The van der Waals surface area contributed by atoms with Crippen LogP contribution in [-0.2, 0) is 9.53 Å². The number of carbonyl (C=O) groups is 2. The molecule has 0 radical (unpaired) electrons. The third-order valence-corrected chi connectivity index (χ3v) is 5.23. The molecule has 5 nitrogen and oxygen atoms in total. The highest BCUT2D eigenvalue weighted by Crippen LogP contribution is 2.35. The van der Waals surface area contributed by atoms with Gasteiger partial charge in [0, 0.05) is 17.5 Å². The molecule has 0 aliphatic carbocycles. The molecule has 0 saturated heterocycles. The van der Waals surface area contributed by atoms with Gasteiger partial charge in [-0.25, -0.2) is 9.59 Å². The first-order chi connectivity index (χ1) is 8.69. The summed E-state index contributed by atoms with van der Waals surface area (Å²) in [6.07, 6.45) is 0.778. The van der Waals surface area contributed by atoms with Crippen molar-refractivity contribution in [1.82, 2.24) is 4.90 Å². The van der Waals surface area contributed by atoms with Gasteiger partial charge in [-0.3, -0.25) is 4.90 Å². The molecule has 0 rings (SSSR count). The molecule has 19 heavy (non-hydrogen) atoms. The van der Waals surface area contributed by atoms with Crippen LogP contribution >= 0.6 is 21.6 Å². The predicted molar refractivity (Wildman–Crippen MR) is 80.5 cm³/mol. The van der Waals surface area contributed by atoms with Crippen molar-refractivity contribution >= 4 is 33.7 Å². The number of rotatable bonds is 7. The average Bonchev–Trinajstić information content (AvgIpc) is 2.29. The molecule has 0 aromatic carbocycles. The summed E-state index contributed by atoms with van der Waals surface area (Å²) < 4.78 is 4.86. The molecule has 7 heteroatoms. The third-order valence-electron chi connectivity index (χ3n) is 1.90. The topological polar surface area (TPSA) is 66.8 Å². The third kappa shape index (κ3) is 8.05. The van der Waals surface area contributed by atoms with Crippen LogP contribution in [-0.4, -0.2) is 52.3 Å². The van der Waals surface area contributed by atoms with Gasteiger partial charge in [0.05, 0.1) is 0 Å². The van der Waals surface area contributed by atoms with Gasteiger partial charge in [0.25, 0.3) is 0 Å². The van der Waals surface area contributed by atoms with Gasteiger partial charge < -0.3 is 9.84 Å². The quantitative estimate of drug-likeness (QED) is 0.576. The second-order valence-electron chi connectivity index (χ2n) is 4.81. The lowest BCUT2D eigenvalue weighted by Crippen LogP contribution is -2.44. The largest absolute Gasteiger partial charge is 0.480 e. The summed E-state index contributed by atoms with van der Waals surface area (Å²) in [5.74, 6) is -0.739. The number of carboxylic acids is 1. The molecule has 0 unspecified atom stereocenters. The van der Waals surface area contributed by atoms with Gasteiger partial charge >= 0.3 is 12.1 Å². The van der Waals surface area contributed by atoms with Crippen molar-refractivity contribution in [1.29, 1.82) is 0 Å². The molecule has 1 amide bonds. The van der Waals surface area contributed by atoms with Gasteiger partial charge in [0.2, 0.25) is 0 Å². The fourth-order valence-electron chi connectivity index (χ4n) is 0.983. The number of carboxylic acid groups (broad SMARTS) is 1. The van der Waals surface area contributed by atoms with Crippen LogP contribution in [0.15, 0.2) is 12.7 Å². The van der Waals surface area contributed by atoms with E-state index in [1.54, 1.807) is 10.8 Å². The maximum absolute atomic E-state index is 11.6. The number of carbonyl (C=O) groups excluding carboxylic acids is 1. The molecule has 0 heterocycles. The highest BCUT2D eigenvalue weighted by atomic mass is 33.1. The number of hydrogen-bond donors (Lipinski definition) is 1. The van der Waals surface area contributed by atoms with Crippen LogP contribution in [0.2, 0.25) is 0 Å². The summed E-state index contributed by atoms with van der Waals surface area (Å²) in [5.41, 5.74) is 0. The zero-order valence-corrected chi connectivity index (χ0v) is 13.3. The molecule has 1 atom stereocenters. The van der Waals surface area contributed by atoms with E-state index in [0.29, 0.717) is 5.75 Å². The van der Waals surface area contributed by atoms with Crippen molar-refractivity contribution in [2.45, 2.75) is 31.6 Å². The Kier molecular flexibility index (Phi) is 8.01. The normalized spacial score (nSPS) is 12.6. The summed E-state index contributed by atoms with van der Waals surface area (Å²) in [5, 5.41) is 9.16. The van der Waals surface area contributed by atoms with Crippen molar-refractivity contribution < 1.29 is 19.4 Å². The summed E-state index contributed by atoms with van der Waals surface area (Å²) in [4.78, 5) is 23.9. The standard InChI is InChI=1S/C12H21NO4S2/c1-6-7-17-11(16)13(5)9(10(14)15)8-18-19-12(2,3)4/h6,9H,1,7-8H2,2-5H3,(H,14,15)/t9-/m0/s1. The van der Waals surface area contributed by atoms with Gasteiger partial charge in [0.15, 0.2) is 0 Å². The molecule has 0 aromatic heterocycles. The average molecular weight is 307 g/mol. The van der Waals surface area contributed by atoms with Crippen LogP contribution in [0, 0.1) is 0 Å². The van der Waals surface area contributed by atoms with E-state index in [1.165, 1.54) is 23.9 Å². The van der Waals surface area contributed by atoms with E-state index in [9.17, 15) is 9.59 Å². The molecule has 0 fully saturated rings. The zero-order valence-electron chi connectivity index (χ0n) is 11.7. The van der Waals surface area contributed by atoms with E-state index < -0.39 is 18.1 Å². The Morgan fingerprint density at radius 1 is 1.47 bits per heavy atom. The second kappa shape index (κ2) is 8.37. The van der Waals surface area contributed by atoms with Gasteiger partial charge in [-0.15, -0.1) is 0 Å². The van der Waals surface area contributed by atoms with Gasteiger partial charge in [0.1, 0.15) is 12.6 Å². The van der Waals surface area contributed by atoms with Crippen molar-refractivity contribution in [2.24, 2.45) is 0 Å². The van der Waals surface area contributed by atoms with E-state index in [-0.39, 0.29) is 11.4 Å². The number of ether oxygens (including phenoxy) is 1. The Morgan fingerprint density at radius 2 is 2.05 bits per heavy atom. The van der Waals surface area contributed by atoms with E-state index in [2.05, 4.69) is 6.58 Å². The van der Waals surface area contributed by atoms with Crippen molar-refractivity contribution in [3.63, 3.8) is 0 Å². The van der Waals surface area contributed by atoms with E-state index in [1.807, 2.05) is 20.8 Å². The van der Waals surface area contributed by atoms with E-state index >= 15 is 0 Å². The van der Waals surface area contributed by atoms with Crippen LogP contribution in [0.5, 0.6) is 0 Å².